The second-order valence-corrected chi connectivity index (χ2v) is 21.0. The molecule has 17 heteroatoms. The molecule has 3 N–H and O–H groups in total. The first-order valence-corrected chi connectivity index (χ1v) is 24.4. The lowest BCUT2D eigenvalue weighted by molar-refractivity contribution is -0.197. The number of aliphatic imine (C=N–C) groups is 2. The summed E-state index contributed by atoms with van der Waals surface area (Å²) < 4.78 is 17.6. The molecular formula is C49H51N9O6S2. The van der Waals surface area contributed by atoms with Gasteiger partial charge in [0, 0.05) is 41.2 Å². The van der Waals surface area contributed by atoms with E-state index in [0.29, 0.717) is 31.8 Å². The number of carbonyl (C=O) groups excluding carboxylic acids is 1. The van der Waals surface area contributed by atoms with Crippen LogP contribution in [0.3, 0.4) is 0 Å². The number of carbonyl (C=O) groups is 2. The third-order valence-corrected chi connectivity index (χ3v) is 15.6. The first-order chi connectivity index (χ1) is 32.0. The molecule has 1 amide bonds. The second kappa shape index (κ2) is 17.0. The molecule has 12 rings (SSSR count). The SMILES string of the molecule is CC(C)Oc1cc2c(cc1Nc1ncnc3sc4c(c13)CC[C@H](C(=O)N1CC3(COC3)C1)C4)C=NC2.CC(C)Oc1cc2c(cc1Nc1ncnc3sc4c(c13)CC[C@H](C(=O)O)C4)C=NC2. The molecule has 6 aliphatic rings. The monoisotopic (exact) mass is 925 g/mol. The summed E-state index contributed by atoms with van der Waals surface area (Å²) in [6.45, 7) is 12.7. The molecule has 66 heavy (non-hydrogen) atoms. The fourth-order valence-electron chi connectivity index (χ4n) is 10.0. The maximum atomic E-state index is 13.2. The van der Waals surface area contributed by atoms with Crippen molar-refractivity contribution in [1.82, 2.24) is 24.8 Å². The molecule has 6 aromatic rings. The molecule has 4 aromatic heterocycles. The van der Waals surface area contributed by atoms with E-state index < -0.39 is 5.97 Å². The summed E-state index contributed by atoms with van der Waals surface area (Å²) >= 11 is 3.27. The second-order valence-electron chi connectivity index (χ2n) is 18.8. The molecule has 8 heterocycles. The molecular weight excluding hydrogens is 875 g/mol. The number of hydrogen-bond acceptors (Lipinski definition) is 15. The largest absolute Gasteiger partial charge is 0.489 e. The summed E-state index contributed by atoms with van der Waals surface area (Å²) in [5.74, 6) is 2.41. The predicted molar refractivity (Wildman–Crippen MR) is 257 cm³/mol. The number of benzene rings is 2. The highest BCUT2D eigenvalue weighted by atomic mass is 32.1. The van der Waals surface area contributed by atoms with Crippen LogP contribution in [0.4, 0.5) is 23.0 Å². The van der Waals surface area contributed by atoms with E-state index in [1.165, 1.54) is 21.6 Å². The van der Waals surface area contributed by atoms with Crippen molar-refractivity contribution in [3.63, 3.8) is 0 Å². The molecule has 15 nitrogen and oxygen atoms in total. The third kappa shape index (κ3) is 7.93. The summed E-state index contributed by atoms with van der Waals surface area (Å²) in [6.07, 6.45) is 11.5. The summed E-state index contributed by atoms with van der Waals surface area (Å²) in [7, 11) is 0. The van der Waals surface area contributed by atoms with Gasteiger partial charge in [-0.1, -0.05) is 0 Å². The number of likely N-dealkylation sites (tertiary alicyclic amines) is 1. The van der Waals surface area contributed by atoms with Crippen LogP contribution >= 0.6 is 22.7 Å². The Morgan fingerprint density at radius 1 is 0.742 bits per heavy atom. The number of aromatic nitrogens is 4. The standard InChI is InChI=1S/C27H29N5O3S.C22H22N4O3S/c1-15(2)35-21-6-18-9-28-8-17(18)5-20(21)31-24-23-19-4-3-16(7-22(19)36-25(23)30-14-29-24)26(33)32-10-27(11-32)12-34-13-27;1-11(2)29-17-6-14-9-23-8-13(14)5-16(17)26-20-19-15-4-3-12(22(27)28)7-18(15)30-21(19)25-10-24-20/h5-6,8,14-16H,3-4,7,9-13H2,1-2H3,(H,29,30,31);5-6,8,10-12H,3-4,7,9H2,1-2H3,(H,27,28)(H,24,25,26)/t16-;12-/m00/s1. The van der Waals surface area contributed by atoms with Gasteiger partial charge in [0.05, 0.1) is 72.0 Å². The van der Waals surface area contributed by atoms with Gasteiger partial charge in [0.1, 0.15) is 45.5 Å². The number of aliphatic carboxylic acids is 1. The minimum Gasteiger partial charge on any atom is -0.489 e. The fraction of sp³-hybridized carbons (Fsp3) is 0.429. The number of nitrogens with zero attached hydrogens (tertiary/aromatic N) is 7. The van der Waals surface area contributed by atoms with Gasteiger partial charge in [0.15, 0.2) is 0 Å². The van der Waals surface area contributed by atoms with Crippen molar-refractivity contribution in [2.45, 2.75) is 91.5 Å². The zero-order valence-electron chi connectivity index (χ0n) is 37.3. The number of rotatable bonds is 10. The zero-order chi connectivity index (χ0) is 45.3. The maximum absolute atomic E-state index is 13.2. The molecule has 2 aliphatic carbocycles. The van der Waals surface area contributed by atoms with E-state index >= 15 is 0 Å². The molecule has 0 unspecified atom stereocenters. The van der Waals surface area contributed by atoms with E-state index in [-0.39, 0.29) is 29.5 Å². The Bertz CT molecular complexity index is 2980. The Hall–Kier alpha value is -6.04. The van der Waals surface area contributed by atoms with Crippen LogP contribution in [0.15, 0.2) is 46.9 Å². The highest BCUT2D eigenvalue weighted by molar-refractivity contribution is 7.19. The molecule has 0 saturated carbocycles. The molecule has 2 aromatic carbocycles. The number of aryl methyl sites for hydroxylation is 2. The van der Waals surface area contributed by atoms with Gasteiger partial charge in [0.25, 0.3) is 0 Å². The Morgan fingerprint density at radius 2 is 1.24 bits per heavy atom. The normalized spacial score (nSPS) is 19.5. The molecule has 0 radical (unpaired) electrons. The van der Waals surface area contributed by atoms with Crippen molar-refractivity contribution >= 4 is 90.4 Å². The minimum absolute atomic E-state index is 0.0400. The Labute approximate surface area is 389 Å². The van der Waals surface area contributed by atoms with Crippen molar-refractivity contribution in [3.05, 3.63) is 80.1 Å². The zero-order valence-corrected chi connectivity index (χ0v) is 39.0. The Kier molecular flexibility index (Phi) is 11.0. The van der Waals surface area contributed by atoms with E-state index in [1.54, 1.807) is 35.3 Å². The minimum atomic E-state index is -0.724. The first kappa shape index (κ1) is 42.6. The number of carboxylic acid groups (broad SMARTS) is 1. The average molecular weight is 926 g/mol. The van der Waals surface area contributed by atoms with Crippen LogP contribution in [-0.4, -0.2) is 92.8 Å². The summed E-state index contributed by atoms with van der Waals surface area (Å²) in [4.78, 5) is 57.9. The quantitative estimate of drug-likeness (QED) is 0.119. The van der Waals surface area contributed by atoms with Crippen molar-refractivity contribution < 1.29 is 28.9 Å². The van der Waals surface area contributed by atoms with Crippen LogP contribution in [0.1, 0.15) is 83.7 Å². The van der Waals surface area contributed by atoms with E-state index in [9.17, 15) is 14.7 Å². The molecule has 2 saturated heterocycles. The molecule has 4 aliphatic heterocycles. The van der Waals surface area contributed by atoms with Gasteiger partial charge < -0.3 is 34.9 Å². The van der Waals surface area contributed by atoms with Crippen LogP contribution in [0.5, 0.6) is 11.5 Å². The van der Waals surface area contributed by atoms with Crippen LogP contribution in [0.2, 0.25) is 0 Å². The van der Waals surface area contributed by atoms with Crippen LogP contribution in [-0.2, 0) is 53.1 Å². The van der Waals surface area contributed by atoms with Crippen LogP contribution < -0.4 is 20.1 Å². The molecule has 2 atom stereocenters. The van der Waals surface area contributed by atoms with Gasteiger partial charge in [-0.2, -0.15) is 0 Å². The highest BCUT2D eigenvalue weighted by Crippen LogP contribution is 2.45. The van der Waals surface area contributed by atoms with E-state index in [1.807, 2.05) is 51.1 Å². The van der Waals surface area contributed by atoms with Crippen molar-refractivity contribution in [3.8, 4) is 11.5 Å². The molecule has 0 bridgehead atoms. The van der Waals surface area contributed by atoms with Crippen molar-refractivity contribution in [1.29, 1.82) is 0 Å². The van der Waals surface area contributed by atoms with Crippen molar-refractivity contribution in [2.75, 3.05) is 36.9 Å². The van der Waals surface area contributed by atoms with Gasteiger partial charge in [0.2, 0.25) is 5.91 Å². The summed E-state index contributed by atoms with van der Waals surface area (Å²) in [6, 6.07) is 8.27. The van der Waals surface area contributed by atoms with Gasteiger partial charge in [-0.25, -0.2) is 19.9 Å². The van der Waals surface area contributed by atoms with Crippen LogP contribution in [0.25, 0.3) is 20.4 Å². The summed E-state index contributed by atoms with van der Waals surface area (Å²) in [5, 5.41) is 18.5. The lowest BCUT2D eigenvalue weighted by Gasteiger charge is -2.55. The predicted octanol–water partition coefficient (Wildman–Crippen LogP) is 8.46. The Balaban J connectivity index is 0.000000148. The molecule has 2 fully saturated rings. The van der Waals surface area contributed by atoms with Gasteiger partial charge in [-0.05, 0) is 124 Å². The maximum Gasteiger partial charge on any atom is 0.306 e. The number of carboxylic acids is 1. The van der Waals surface area contributed by atoms with Crippen LogP contribution in [0, 0.1) is 17.3 Å². The number of thiophene rings is 2. The van der Waals surface area contributed by atoms with E-state index in [2.05, 4.69) is 58.8 Å². The topological polar surface area (TPSA) is 186 Å². The summed E-state index contributed by atoms with van der Waals surface area (Å²) in [5.41, 5.74) is 8.94. The average Bonchev–Trinajstić information content (AvgIpc) is 4.07. The lowest BCUT2D eigenvalue weighted by atomic mass is 9.76. The number of fused-ring (bicyclic) bond motifs is 8. The third-order valence-electron chi connectivity index (χ3n) is 13.3. The molecule has 340 valence electrons. The van der Waals surface area contributed by atoms with Crippen molar-refractivity contribution in [2.24, 2.45) is 27.2 Å². The number of nitrogens with one attached hydrogen (secondary N) is 2. The fourth-order valence-corrected chi connectivity index (χ4v) is 12.5. The lowest BCUT2D eigenvalue weighted by Crippen LogP contribution is -2.68. The highest BCUT2D eigenvalue weighted by Gasteiger charge is 2.51. The van der Waals surface area contributed by atoms with E-state index in [4.69, 9.17) is 14.2 Å². The number of amides is 1. The van der Waals surface area contributed by atoms with Gasteiger partial charge in [-0.15, -0.1) is 22.7 Å². The Morgan fingerprint density at radius 3 is 1.71 bits per heavy atom. The number of hydrogen-bond donors (Lipinski definition) is 3. The van der Waals surface area contributed by atoms with E-state index in [0.717, 1.165) is 128 Å². The first-order valence-electron chi connectivity index (χ1n) is 22.8. The number of anilines is 4. The van der Waals surface area contributed by atoms with Gasteiger partial charge >= 0.3 is 5.97 Å². The number of ether oxygens (including phenoxy) is 3. The van der Waals surface area contributed by atoms with Gasteiger partial charge in [-0.3, -0.25) is 19.6 Å². The molecule has 1 spiro atoms. The smallest absolute Gasteiger partial charge is 0.306 e.